The van der Waals surface area contributed by atoms with Crippen molar-refractivity contribution in [3.05, 3.63) is 53.5 Å². The molecule has 0 unspecified atom stereocenters. The van der Waals surface area contributed by atoms with Crippen molar-refractivity contribution in [1.29, 1.82) is 0 Å². The van der Waals surface area contributed by atoms with Gasteiger partial charge in [0.2, 0.25) is 0 Å². The van der Waals surface area contributed by atoms with E-state index in [0.29, 0.717) is 11.1 Å². The molecular weight excluding hydrogens is 406 g/mol. The number of nitrogens with one attached hydrogen (secondary N) is 1. The third-order valence-corrected chi connectivity index (χ3v) is 4.58. The van der Waals surface area contributed by atoms with Crippen LogP contribution in [0.15, 0.2) is 36.4 Å². The number of alkyl halides is 3. The summed E-state index contributed by atoms with van der Waals surface area (Å²) in [6, 6.07) is 7.54. The Bertz CT molecular complexity index is 1150. The first kappa shape index (κ1) is 19.7. The molecular formula is C20H15F4N3O3. The molecule has 0 saturated heterocycles. The van der Waals surface area contributed by atoms with E-state index in [1.807, 2.05) is 0 Å². The van der Waals surface area contributed by atoms with E-state index in [4.69, 9.17) is 9.47 Å². The molecule has 156 valence electrons. The molecule has 2 aromatic carbocycles. The SMILES string of the molecule is COc1cc(-c2cc(C(F)(F)F)nn2-c2ccc(F)cc2C)cc2c1OCC(=O)N2. The van der Waals surface area contributed by atoms with Crippen molar-refractivity contribution in [2.75, 3.05) is 19.0 Å². The molecule has 0 atom stereocenters. The van der Waals surface area contributed by atoms with E-state index in [9.17, 15) is 22.4 Å². The van der Waals surface area contributed by atoms with Gasteiger partial charge < -0.3 is 14.8 Å². The lowest BCUT2D eigenvalue weighted by atomic mass is 10.1. The van der Waals surface area contributed by atoms with Crippen molar-refractivity contribution < 1.29 is 31.8 Å². The first-order chi connectivity index (χ1) is 14.2. The zero-order chi connectivity index (χ0) is 21.6. The average molecular weight is 421 g/mol. The third-order valence-electron chi connectivity index (χ3n) is 4.58. The van der Waals surface area contributed by atoms with Gasteiger partial charge in [-0.1, -0.05) is 0 Å². The second-order valence-electron chi connectivity index (χ2n) is 6.65. The summed E-state index contributed by atoms with van der Waals surface area (Å²) in [5, 5.41) is 6.33. The van der Waals surface area contributed by atoms with Crippen molar-refractivity contribution in [3.63, 3.8) is 0 Å². The molecule has 30 heavy (non-hydrogen) atoms. The molecule has 0 bridgehead atoms. The largest absolute Gasteiger partial charge is 0.493 e. The van der Waals surface area contributed by atoms with Crippen LogP contribution in [0, 0.1) is 12.7 Å². The highest BCUT2D eigenvalue weighted by Crippen LogP contribution is 2.43. The van der Waals surface area contributed by atoms with Crippen LogP contribution >= 0.6 is 0 Å². The van der Waals surface area contributed by atoms with E-state index >= 15 is 0 Å². The Kier molecular flexibility index (Phi) is 4.64. The van der Waals surface area contributed by atoms with Crippen LogP contribution in [0.1, 0.15) is 11.3 Å². The van der Waals surface area contributed by atoms with Gasteiger partial charge >= 0.3 is 6.18 Å². The molecule has 0 saturated carbocycles. The number of aromatic nitrogens is 2. The Labute approximate surface area is 168 Å². The number of rotatable bonds is 3. The first-order valence-corrected chi connectivity index (χ1v) is 8.76. The molecule has 3 aromatic rings. The minimum Gasteiger partial charge on any atom is -0.493 e. The number of methoxy groups -OCH3 is 1. The van der Waals surface area contributed by atoms with Gasteiger partial charge in [0.15, 0.2) is 23.8 Å². The summed E-state index contributed by atoms with van der Waals surface area (Å²) in [4.78, 5) is 11.7. The van der Waals surface area contributed by atoms with E-state index in [-0.39, 0.29) is 35.2 Å². The van der Waals surface area contributed by atoms with Gasteiger partial charge in [-0.05, 0) is 48.9 Å². The molecule has 1 aromatic heterocycles. The molecule has 0 spiro atoms. The zero-order valence-corrected chi connectivity index (χ0v) is 15.8. The van der Waals surface area contributed by atoms with Gasteiger partial charge in [0.1, 0.15) is 5.82 Å². The van der Waals surface area contributed by atoms with E-state index in [0.717, 1.165) is 16.8 Å². The number of hydrogen-bond donors (Lipinski definition) is 1. The molecule has 0 radical (unpaired) electrons. The lowest BCUT2D eigenvalue weighted by Gasteiger charge is -2.21. The predicted octanol–water partition coefficient (Wildman–Crippen LogP) is 4.35. The molecule has 1 aliphatic rings. The topological polar surface area (TPSA) is 65.4 Å². The highest BCUT2D eigenvalue weighted by atomic mass is 19.4. The van der Waals surface area contributed by atoms with Crippen molar-refractivity contribution in [2.45, 2.75) is 13.1 Å². The lowest BCUT2D eigenvalue weighted by Crippen LogP contribution is -2.25. The minimum atomic E-state index is -4.69. The molecule has 6 nitrogen and oxygen atoms in total. The maximum atomic E-state index is 13.5. The van der Waals surface area contributed by atoms with Crippen molar-refractivity contribution in [1.82, 2.24) is 9.78 Å². The van der Waals surface area contributed by atoms with Gasteiger partial charge in [0, 0.05) is 5.56 Å². The predicted molar refractivity (Wildman–Crippen MR) is 99.4 cm³/mol. The summed E-state index contributed by atoms with van der Waals surface area (Å²) < 4.78 is 65.5. The van der Waals surface area contributed by atoms with Crippen LogP contribution in [0.2, 0.25) is 0 Å². The number of carbonyl (C=O) groups excluding carboxylic acids is 1. The van der Waals surface area contributed by atoms with Crippen LogP contribution in [-0.4, -0.2) is 29.4 Å². The highest BCUT2D eigenvalue weighted by Gasteiger charge is 2.36. The van der Waals surface area contributed by atoms with Crippen molar-refractivity contribution in [2.24, 2.45) is 0 Å². The van der Waals surface area contributed by atoms with Gasteiger partial charge in [-0.2, -0.15) is 18.3 Å². The molecule has 1 amide bonds. The number of hydrogen-bond acceptors (Lipinski definition) is 4. The second-order valence-corrected chi connectivity index (χ2v) is 6.65. The molecule has 4 rings (SSSR count). The maximum absolute atomic E-state index is 13.5. The summed E-state index contributed by atoms with van der Waals surface area (Å²) in [5.74, 6) is -0.405. The maximum Gasteiger partial charge on any atom is 0.435 e. The molecule has 1 aliphatic heterocycles. The number of halogens is 4. The summed E-state index contributed by atoms with van der Waals surface area (Å²) in [7, 11) is 1.38. The van der Waals surface area contributed by atoms with Crippen LogP contribution in [0.5, 0.6) is 11.5 Å². The number of benzene rings is 2. The Morgan fingerprint density at radius 1 is 1.20 bits per heavy atom. The summed E-state index contributed by atoms with van der Waals surface area (Å²) in [5.41, 5.74) is 0.200. The van der Waals surface area contributed by atoms with Crippen LogP contribution in [0.3, 0.4) is 0 Å². The Morgan fingerprint density at radius 3 is 2.63 bits per heavy atom. The number of nitrogens with zero attached hydrogens (tertiary/aromatic N) is 2. The fourth-order valence-corrected chi connectivity index (χ4v) is 3.23. The van der Waals surface area contributed by atoms with Crippen LogP contribution in [0.25, 0.3) is 16.9 Å². The Morgan fingerprint density at radius 2 is 1.97 bits per heavy atom. The third kappa shape index (κ3) is 3.44. The Hall–Kier alpha value is -3.56. The fraction of sp³-hybridized carbons (Fsp3) is 0.200. The number of aryl methyl sites for hydroxylation is 1. The van der Waals surface area contributed by atoms with E-state index in [2.05, 4.69) is 10.4 Å². The number of carbonyl (C=O) groups is 1. The van der Waals surface area contributed by atoms with Gasteiger partial charge in [-0.3, -0.25) is 4.79 Å². The van der Waals surface area contributed by atoms with Crippen LogP contribution in [-0.2, 0) is 11.0 Å². The van der Waals surface area contributed by atoms with E-state index < -0.39 is 23.6 Å². The number of amides is 1. The summed E-state index contributed by atoms with van der Waals surface area (Å²) >= 11 is 0. The lowest BCUT2D eigenvalue weighted by molar-refractivity contribution is -0.141. The normalized spacial score (nSPS) is 13.5. The molecule has 0 aliphatic carbocycles. The quantitative estimate of drug-likeness (QED) is 0.639. The number of ether oxygens (including phenoxy) is 2. The fourth-order valence-electron chi connectivity index (χ4n) is 3.23. The number of fused-ring (bicyclic) bond motifs is 1. The standard InChI is InChI=1S/C20H15F4N3O3/c1-10-5-12(21)3-4-14(10)27-15(8-17(26-27)20(22,23)24)11-6-13-19(16(7-11)29-2)30-9-18(28)25-13/h3-8H,9H2,1-2H3,(H,25,28). The van der Waals surface area contributed by atoms with Gasteiger partial charge in [0.25, 0.3) is 5.91 Å². The van der Waals surface area contributed by atoms with Crippen LogP contribution < -0.4 is 14.8 Å². The van der Waals surface area contributed by atoms with Gasteiger partial charge in [0.05, 0.1) is 24.2 Å². The minimum absolute atomic E-state index is 0.0814. The Balaban J connectivity index is 1.95. The van der Waals surface area contributed by atoms with E-state index in [1.54, 1.807) is 6.92 Å². The second kappa shape index (κ2) is 7.05. The first-order valence-electron chi connectivity index (χ1n) is 8.76. The average Bonchev–Trinajstić information content (AvgIpc) is 3.12. The van der Waals surface area contributed by atoms with E-state index in [1.165, 1.54) is 31.4 Å². The molecule has 0 fully saturated rings. The zero-order valence-electron chi connectivity index (χ0n) is 15.8. The van der Waals surface area contributed by atoms with Crippen molar-refractivity contribution in [3.8, 4) is 28.4 Å². The smallest absolute Gasteiger partial charge is 0.435 e. The van der Waals surface area contributed by atoms with Gasteiger partial charge in [-0.15, -0.1) is 0 Å². The monoisotopic (exact) mass is 421 g/mol. The van der Waals surface area contributed by atoms with Crippen molar-refractivity contribution >= 4 is 11.6 Å². The molecule has 2 heterocycles. The molecule has 1 N–H and O–H groups in total. The van der Waals surface area contributed by atoms with Crippen LogP contribution in [0.4, 0.5) is 23.2 Å². The van der Waals surface area contributed by atoms with Gasteiger partial charge in [-0.25, -0.2) is 9.07 Å². The highest BCUT2D eigenvalue weighted by molar-refractivity contribution is 5.97. The summed E-state index contributed by atoms with van der Waals surface area (Å²) in [6.45, 7) is 1.37. The molecule has 10 heteroatoms. The summed E-state index contributed by atoms with van der Waals surface area (Å²) in [6.07, 6.45) is -4.69. The number of anilines is 1.